The van der Waals surface area contributed by atoms with Crippen LogP contribution in [-0.4, -0.2) is 10.7 Å². The highest BCUT2D eigenvalue weighted by Crippen LogP contribution is 2.29. The molecule has 88 valence electrons. The highest BCUT2D eigenvalue weighted by Gasteiger charge is 2.20. The monoisotopic (exact) mass is 315 g/mol. The summed E-state index contributed by atoms with van der Waals surface area (Å²) in [6, 6.07) is 4.16. The Kier molecular flexibility index (Phi) is 3.12. The number of nitrogens with zero attached hydrogens (tertiary/aromatic N) is 1. The van der Waals surface area contributed by atoms with Crippen molar-refractivity contribution in [2.45, 2.75) is 6.92 Å². The van der Waals surface area contributed by atoms with Gasteiger partial charge in [0.1, 0.15) is 4.92 Å². The third kappa shape index (κ3) is 2.29. The Morgan fingerprint density at radius 2 is 2.24 bits per heavy atom. The van der Waals surface area contributed by atoms with Gasteiger partial charge in [0.15, 0.2) is 5.76 Å². The van der Waals surface area contributed by atoms with Crippen LogP contribution in [0.1, 0.15) is 20.3 Å². The van der Waals surface area contributed by atoms with Crippen molar-refractivity contribution in [2.75, 3.05) is 0 Å². The molecule has 2 aromatic heterocycles. The Hall–Kier alpha value is -1.47. The van der Waals surface area contributed by atoms with Gasteiger partial charge >= 0.3 is 5.88 Å². The van der Waals surface area contributed by atoms with Gasteiger partial charge in [-0.15, -0.1) is 11.3 Å². The van der Waals surface area contributed by atoms with Crippen LogP contribution in [0, 0.1) is 17.0 Å². The third-order valence-electron chi connectivity index (χ3n) is 2.08. The summed E-state index contributed by atoms with van der Waals surface area (Å²) in [5.41, 5.74) is 0. The van der Waals surface area contributed by atoms with E-state index in [1.807, 2.05) is 6.92 Å². The van der Waals surface area contributed by atoms with Crippen molar-refractivity contribution in [1.29, 1.82) is 0 Å². The number of halogens is 1. The second-order valence-corrected chi connectivity index (χ2v) is 5.35. The molecule has 0 aliphatic heterocycles. The molecule has 17 heavy (non-hydrogen) atoms. The molecule has 2 heterocycles. The van der Waals surface area contributed by atoms with Crippen molar-refractivity contribution in [1.82, 2.24) is 0 Å². The molecule has 0 saturated heterocycles. The molecule has 0 saturated carbocycles. The summed E-state index contributed by atoms with van der Waals surface area (Å²) in [5, 5.41) is 10.4. The van der Waals surface area contributed by atoms with Gasteiger partial charge < -0.3 is 4.42 Å². The normalized spacial score (nSPS) is 10.5. The van der Waals surface area contributed by atoms with E-state index in [0.29, 0.717) is 4.88 Å². The first-order valence-corrected chi connectivity index (χ1v) is 6.15. The van der Waals surface area contributed by atoms with E-state index in [2.05, 4.69) is 15.9 Å². The Morgan fingerprint density at radius 3 is 2.71 bits per heavy atom. The van der Waals surface area contributed by atoms with Crippen molar-refractivity contribution in [3.05, 3.63) is 48.3 Å². The number of hydrogen-bond donors (Lipinski definition) is 0. The zero-order valence-electron chi connectivity index (χ0n) is 8.60. The number of carbonyl (C=O) groups excluding carboxylic acids is 1. The van der Waals surface area contributed by atoms with E-state index in [9.17, 15) is 14.9 Å². The SMILES string of the molecule is Cc1sc(C(=O)c2ccc([N+](=O)[O-])o2)cc1Br. The van der Waals surface area contributed by atoms with Gasteiger partial charge in [0.25, 0.3) is 0 Å². The lowest BCUT2D eigenvalue weighted by Gasteiger charge is -1.90. The molecule has 0 bridgehead atoms. The summed E-state index contributed by atoms with van der Waals surface area (Å²) < 4.78 is 5.69. The average molecular weight is 316 g/mol. The molecule has 0 fully saturated rings. The topological polar surface area (TPSA) is 73.3 Å². The van der Waals surface area contributed by atoms with Gasteiger partial charge in [0.2, 0.25) is 5.78 Å². The zero-order chi connectivity index (χ0) is 12.6. The van der Waals surface area contributed by atoms with Crippen LogP contribution in [0.4, 0.5) is 5.88 Å². The minimum Gasteiger partial charge on any atom is -0.397 e. The van der Waals surface area contributed by atoms with Crippen molar-refractivity contribution >= 4 is 38.9 Å². The molecule has 5 nitrogen and oxygen atoms in total. The predicted molar refractivity (Wildman–Crippen MR) is 65.6 cm³/mol. The molecule has 0 amide bonds. The lowest BCUT2D eigenvalue weighted by Crippen LogP contribution is -1.95. The molecule has 0 radical (unpaired) electrons. The molecule has 0 aromatic carbocycles. The molecular weight excluding hydrogens is 310 g/mol. The number of aryl methyl sites for hydroxylation is 1. The van der Waals surface area contributed by atoms with E-state index >= 15 is 0 Å². The summed E-state index contributed by atoms with van der Waals surface area (Å²) >= 11 is 4.61. The van der Waals surface area contributed by atoms with Crippen molar-refractivity contribution in [3.8, 4) is 0 Å². The molecule has 0 aliphatic rings. The highest BCUT2D eigenvalue weighted by atomic mass is 79.9. The number of nitro groups is 1. The molecular formula is C10H6BrNO4S. The maximum absolute atomic E-state index is 11.9. The summed E-state index contributed by atoms with van der Waals surface area (Å²) in [7, 11) is 0. The summed E-state index contributed by atoms with van der Waals surface area (Å²) in [4.78, 5) is 23.1. The first-order chi connectivity index (χ1) is 7.99. The van der Waals surface area contributed by atoms with E-state index in [-0.39, 0.29) is 11.5 Å². The molecule has 0 N–H and O–H groups in total. The van der Waals surface area contributed by atoms with E-state index in [1.165, 1.54) is 23.5 Å². The van der Waals surface area contributed by atoms with Gasteiger partial charge in [-0.25, -0.2) is 0 Å². The molecule has 0 atom stereocenters. The van der Waals surface area contributed by atoms with Gasteiger partial charge in [-0.05, 0) is 35.0 Å². The summed E-state index contributed by atoms with van der Waals surface area (Å²) in [6.45, 7) is 1.87. The van der Waals surface area contributed by atoms with Crippen LogP contribution in [0.5, 0.6) is 0 Å². The van der Waals surface area contributed by atoms with Crippen molar-refractivity contribution in [3.63, 3.8) is 0 Å². The number of rotatable bonds is 3. The van der Waals surface area contributed by atoms with Crippen LogP contribution in [-0.2, 0) is 0 Å². The zero-order valence-corrected chi connectivity index (χ0v) is 11.0. The lowest BCUT2D eigenvalue weighted by atomic mass is 10.2. The van der Waals surface area contributed by atoms with Crippen LogP contribution in [0.3, 0.4) is 0 Å². The summed E-state index contributed by atoms with van der Waals surface area (Å²) in [5.74, 6) is -0.803. The Labute approximate surface area is 108 Å². The Bertz CT molecular complexity index is 582. The second-order valence-electron chi connectivity index (χ2n) is 3.24. The first kappa shape index (κ1) is 12.0. The Morgan fingerprint density at radius 1 is 1.53 bits per heavy atom. The van der Waals surface area contributed by atoms with Crippen molar-refractivity contribution in [2.24, 2.45) is 0 Å². The van der Waals surface area contributed by atoms with E-state index in [4.69, 9.17) is 4.42 Å². The molecule has 2 aromatic rings. The fraction of sp³-hybridized carbons (Fsp3) is 0.100. The maximum atomic E-state index is 11.9. The number of carbonyl (C=O) groups is 1. The summed E-state index contributed by atoms with van der Waals surface area (Å²) in [6.07, 6.45) is 0. The molecule has 0 aliphatic carbocycles. The smallest absolute Gasteiger partial charge is 0.397 e. The number of thiophene rings is 1. The van der Waals surface area contributed by atoms with Gasteiger partial charge in [-0.1, -0.05) is 0 Å². The van der Waals surface area contributed by atoms with Gasteiger partial charge in [0, 0.05) is 9.35 Å². The number of hydrogen-bond acceptors (Lipinski definition) is 5. The van der Waals surface area contributed by atoms with E-state index in [1.54, 1.807) is 6.07 Å². The number of furan rings is 1. The highest BCUT2D eigenvalue weighted by molar-refractivity contribution is 9.10. The molecule has 7 heteroatoms. The minimum atomic E-state index is -0.674. The third-order valence-corrected chi connectivity index (χ3v) is 4.21. The van der Waals surface area contributed by atoms with Crippen LogP contribution in [0.15, 0.2) is 27.1 Å². The van der Waals surface area contributed by atoms with E-state index < -0.39 is 10.8 Å². The van der Waals surface area contributed by atoms with Crippen LogP contribution in [0.25, 0.3) is 0 Å². The average Bonchev–Trinajstić information content (AvgIpc) is 2.86. The van der Waals surface area contributed by atoms with Gasteiger partial charge in [-0.3, -0.25) is 14.9 Å². The second kappa shape index (κ2) is 4.42. The molecule has 2 rings (SSSR count). The Balaban J connectivity index is 2.33. The molecule has 0 unspecified atom stereocenters. The van der Waals surface area contributed by atoms with Crippen LogP contribution < -0.4 is 0 Å². The van der Waals surface area contributed by atoms with Crippen molar-refractivity contribution < 1.29 is 14.1 Å². The fourth-order valence-electron chi connectivity index (χ4n) is 1.24. The van der Waals surface area contributed by atoms with Crippen LogP contribution in [0.2, 0.25) is 0 Å². The lowest BCUT2D eigenvalue weighted by molar-refractivity contribution is -0.402. The fourth-order valence-corrected chi connectivity index (χ4v) is 2.72. The standard InChI is InChI=1S/C10H6BrNO4S/c1-5-6(11)4-8(17-5)10(13)7-2-3-9(16-7)12(14)15/h2-4H,1H3. The van der Waals surface area contributed by atoms with E-state index in [0.717, 1.165) is 9.35 Å². The predicted octanol–water partition coefficient (Wildman–Crippen LogP) is 3.55. The number of ketones is 1. The van der Waals surface area contributed by atoms with Gasteiger partial charge in [0.05, 0.1) is 10.9 Å². The quantitative estimate of drug-likeness (QED) is 0.493. The first-order valence-electron chi connectivity index (χ1n) is 4.54. The minimum absolute atomic E-state index is 0.0227. The van der Waals surface area contributed by atoms with Crippen LogP contribution >= 0.6 is 27.3 Å². The molecule has 0 spiro atoms. The largest absolute Gasteiger partial charge is 0.433 e. The van der Waals surface area contributed by atoms with Gasteiger partial charge in [-0.2, -0.15) is 0 Å². The maximum Gasteiger partial charge on any atom is 0.433 e.